The highest BCUT2D eigenvalue weighted by atomic mass is 16.5. The molecule has 59 heavy (non-hydrogen) atoms. The van der Waals surface area contributed by atoms with Gasteiger partial charge in [0.1, 0.15) is 18.7 Å². The summed E-state index contributed by atoms with van der Waals surface area (Å²) in [5.74, 6) is -1.84. The van der Waals surface area contributed by atoms with Crippen LogP contribution in [0, 0.1) is 5.92 Å². The monoisotopic (exact) mass is 804 g/mol. The number of ether oxygens (including phenoxy) is 2. The van der Waals surface area contributed by atoms with Gasteiger partial charge in [0.15, 0.2) is 5.78 Å². The van der Waals surface area contributed by atoms with Gasteiger partial charge in [-0.25, -0.2) is 9.59 Å². The number of nitrogens with zero attached hydrogens (tertiary/aromatic N) is 1. The maximum Gasteiger partial charge on any atom is 0.408 e. The van der Waals surface area contributed by atoms with Crippen molar-refractivity contribution in [2.45, 2.75) is 95.4 Å². The molecule has 0 radical (unpaired) electrons. The molecule has 0 spiro atoms. The topological polar surface area (TPSA) is 189 Å². The number of benzene rings is 3. The lowest BCUT2D eigenvalue weighted by atomic mass is 9.80. The SMILES string of the molecule is COC(=O)[C@H](Cc1c[nH]c2ccccc12)NC(=O)CC[C@H]1CCC[C@@H](N(CCCCCCN)C(=O)[C@H](Cc2c[nH]c3ccccc23)NC(=O)OCc2ccccc2)C1=O. The van der Waals surface area contributed by atoms with Crippen LogP contribution in [0.1, 0.15) is 74.5 Å². The van der Waals surface area contributed by atoms with Crippen LogP contribution in [0.3, 0.4) is 0 Å². The van der Waals surface area contributed by atoms with Crippen LogP contribution in [0.4, 0.5) is 4.79 Å². The number of carbonyl (C=O) groups excluding carboxylic acids is 5. The lowest BCUT2D eigenvalue weighted by Gasteiger charge is -2.38. The predicted octanol–water partition coefficient (Wildman–Crippen LogP) is 6.25. The van der Waals surface area contributed by atoms with Crippen molar-refractivity contribution >= 4 is 51.5 Å². The molecule has 0 saturated heterocycles. The Morgan fingerprint density at radius 2 is 1.42 bits per heavy atom. The predicted molar refractivity (Wildman–Crippen MR) is 226 cm³/mol. The first-order chi connectivity index (χ1) is 28.7. The van der Waals surface area contributed by atoms with E-state index in [2.05, 4.69) is 20.6 Å². The maximum absolute atomic E-state index is 14.8. The molecule has 0 aliphatic heterocycles. The smallest absolute Gasteiger partial charge is 0.408 e. The number of aromatic amines is 2. The number of fused-ring (bicyclic) bond motifs is 2. The van der Waals surface area contributed by atoms with Crippen LogP contribution in [-0.2, 0) is 48.1 Å². The van der Waals surface area contributed by atoms with E-state index in [1.807, 2.05) is 91.3 Å². The molecule has 13 heteroatoms. The third-order valence-corrected chi connectivity index (χ3v) is 11.3. The van der Waals surface area contributed by atoms with E-state index in [0.29, 0.717) is 38.8 Å². The van der Waals surface area contributed by atoms with E-state index in [1.54, 1.807) is 4.90 Å². The highest BCUT2D eigenvalue weighted by molar-refractivity contribution is 5.95. The van der Waals surface area contributed by atoms with E-state index >= 15 is 0 Å². The number of amides is 3. The number of alkyl carbamates (subject to hydrolysis) is 1. The van der Waals surface area contributed by atoms with E-state index in [1.165, 1.54) is 7.11 Å². The fraction of sp³-hybridized carbons (Fsp3) is 0.413. The molecule has 5 aromatic rings. The molecule has 1 aliphatic carbocycles. The average Bonchev–Trinajstić information content (AvgIpc) is 3.87. The van der Waals surface area contributed by atoms with E-state index < -0.39 is 36.1 Å². The number of nitrogens with one attached hydrogen (secondary N) is 4. The molecule has 3 amide bonds. The Morgan fingerprint density at radius 1 is 0.797 bits per heavy atom. The van der Waals surface area contributed by atoms with Gasteiger partial charge in [0.25, 0.3) is 0 Å². The van der Waals surface area contributed by atoms with Gasteiger partial charge in [-0.1, -0.05) is 86.0 Å². The summed E-state index contributed by atoms with van der Waals surface area (Å²) in [6, 6.07) is 22.1. The average molecular weight is 805 g/mol. The molecule has 1 fully saturated rings. The molecule has 6 rings (SSSR count). The van der Waals surface area contributed by atoms with Crippen LogP contribution in [0.5, 0.6) is 0 Å². The number of Topliss-reactive ketones (excluding diaryl/α,β-unsaturated/α-hetero) is 1. The highest BCUT2D eigenvalue weighted by Gasteiger charge is 2.40. The van der Waals surface area contributed by atoms with Gasteiger partial charge in [-0.05, 0) is 67.5 Å². The molecule has 0 bridgehead atoms. The van der Waals surface area contributed by atoms with Crippen molar-refractivity contribution in [2.75, 3.05) is 20.2 Å². The van der Waals surface area contributed by atoms with Gasteiger partial charge in [0, 0.05) is 65.9 Å². The molecule has 1 aliphatic rings. The number of unbranched alkanes of at least 4 members (excludes halogenated alkanes) is 3. The number of hydrogen-bond acceptors (Lipinski definition) is 8. The zero-order valence-electron chi connectivity index (χ0n) is 33.8. The van der Waals surface area contributed by atoms with Crippen molar-refractivity contribution < 1.29 is 33.4 Å². The number of rotatable bonds is 20. The van der Waals surface area contributed by atoms with Crippen molar-refractivity contribution in [1.29, 1.82) is 0 Å². The minimum Gasteiger partial charge on any atom is -0.467 e. The summed E-state index contributed by atoms with van der Waals surface area (Å²) in [5, 5.41) is 7.59. The van der Waals surface area contributed by atoms with Crippen molar-refractivity contribution in [3.63, 3.8) is 0 Å². The number of esters is 1. The first kappa shape index (κ1) is 42.7. The summed E-state index contributed by atoms with van der Waals surface area (Å²) >= 11 is 0. The van der Waals surface area contributed by atoms with E-state index in [9.17, 15) is 24.0 Å². The summed E-state index contributed by atoms with van der Waals surface area (Å²) in [5.41, 5.74) is 10.1. The molecular formula is C46H56N6O7. The highest BCUT2D eigenvalue weighted by Crippen LogP contribution is 2.30. The van der Waals surface area contributed by atoms with Gasteiger partial charge in [0.05, 0.1) is 13.2 Å². The molecule has 0 unspecified atom stereocenters. The number of aromatic nitrogens is 2. The van der Waals surface area contributed by atoms with Crippen LogP contribution in [-0.4, -0.2) is 82.9 Å². The van der Waals surface area contributed by atoms with E-state index in [0.717, 1.165) is 57.8 Å². The summed E-state index contributed by atoms with van der Waals surface area (Å²) < 4.78 is 10.6. The minimum absolute atomic E-state index is 0.0234. The van der Waals surface area contributed by atoms with Crippen molar-refractivity contribution in [3.05, 3.63) is 108 Å². The first-order valence-electron chi connectivity index (χ1n) is 20.7. The fourth-order valence-corrected chi connectivity index (χ4v) is 8.17. The number of H-pyrrole nitrogens is 2. The zero-order chi connectivity index (χ0) is 41.6. The van der Waals surface area contributed by atoms with E-state index in [4.69, 9.17) is 15.2 Å². The molecule has 312 valence electrons. The Morgan fingerprint density at radius 3 is 2.08 bits per heavy atom. The Balaban J connectivity index is 1.16. The molecule has 3 aromatic carbocycles. The Labute approximate surface area is 344 Å². The third kappa shape index (κ3) is 11.4. The molecule has 2 aromatic heterocycles. The number of carbonyl (C=O) groups is 5. The van der Waals surface area contributed by atoms with Crippen molar-refractivity contribution in [2.24, 2.45) is 11.7 Å². The zero-order valence-corrected chi connectivity index (χ0v) is 33.8. The summed E-state index contributed by atoms with van der Waals surface area (Å²) in [7, 11) is 1.29. The maximum atomic E-state index is 14.8. The molecule has 13 nitrogen and oxygen atoms in total. The lowest BCUT2D eigenvalue weighted by molar-refractivity contribution is -0.145. The van der Waals surface area contributed by atoms with Gasteiger partial charge in [-0.15, -0.1) is 0 Å². The molecule has 6 N–H and O–H groups in total. The number of ketones is 1. The quantitative estimate of drug-likeness (QED) is 0.0451. The van der Waals surface area contributed by atoms with Crippen LogP contribution in [0.25, 0.3) is 21.8 Å². The van der Waals surface area contributed by atoms with E-state index in [-0.39, 0.29) is 49.9 Å². The van der Waals surface area contributed by atoms with Crippen LogP contribution >= 0.6 is 0 Å². The summed E-state index contributed by atoms with van der Waals surface area (Å²) in [4.78, 5) is 76.9. The Hall–Kier alpha value is -5.95. The fourth-order valence-electron chi connectivity index (χ4n) is 8.17. The molecular weight excluding hydrogens is 749 g/mol. The van der Waals surface area contributed by atoms with Gasteiger partial charge in [-0.3, -0.25) is 14.4 Å². The third-order valence-electron chi connectivity index (χ3n) is 11.3. The normalized spacial score (nSPS) is 16.3. The largest absolute Gasteiger partial charge is 0.467 e. The lowest BCUT2D eigenvalue weighted by Crippen LogP contribution is -2.56. The van der Waals surface area contributed by atoms with Crippen molar-refractivity contribution in [3.8, 4) is 0 Å². The molecule has 4 atom stereocenters. The number of para-hydroxylation sites is 2. The summed E-state index contributed by atoms with van der Waals surface area (Å²) in [6.45, 7) is 0.933. The van der Waals surface area contributed by atoms with Crippen molar-refractivity contribution in [1.82, 2.24) is 25.5 Å². The van der Waals surface area contributed by atoms with Crippen LogP contribution < -0.4 is 16.4 Å². The van der Waals surface area contributed by atoms with Crippen LogP contribution in [0.2, 0.25) is 0 Å². The standard InChI is InChI=1S/C46H56N6O7/c1-58-45(56)40(27-34-29-49-38-20-10-8-18-36(34)38)50-42(53)23-22-32-16-13-21-41(43(32)54)52(25-12-3-2-11-24-47)44(55)39(26-33-28-48-37-19-9-7-17-35(33)37)51-46(57)59-30-31-14-5-4-6-15-31/h4-10,14-15,17-20,28-29,32,39-41,48-49H,2-3,11-13,16,21-27,30,47H2,1H3,(H,50,53)(H,51,57)/t32-,39+,40+,41-/m1/s1. The second-order valence-corrected chi connectivity index (χ2v) is 15.3. The van der Waals surface area contributed by atoms with Gasteiger partial charge < -0.3 is 40.7 Å². The Kier molecular flexibility index (Phi) is 15.3. The molecule has 2 heterocycles. The first-order valence-corrected chi connectivity index (χ1v) is 20.7. The summed E-state index contributed by atoms with van der Waals surface area (Å²) in [6.07, 6.45) is 8.62. The van der Waals surface area contributed by atoms with Gasteiger partial charge in [-0.2, -0.15) is 0 Å². The van der Waals surface area contributed by atoms with Crippen LogP contribution in [0.15, 0.2) is 91.3 Å². The number of methoxy groups -OCH3 is 1. The molecule has 1 saturated carbocycles. The Bertz CT molecular complexity index is 2180. The van der Waals surface area contributed by atoms with Gasteiger partial charge >= 0.3 is 12.1 Å². The second-order valence-electron chi connectivity index (χ2n) is 15.3. The second kappa shape index (κ2) is 21.2. The van der Waals surface area contributed by atoms with Gasteiger partial charge in [0.2, 0.25) is 11.8 Å². The number of hydrogen-bond donors (Lipinski definition) is 5. The minimum atomic E-state index is -1.02. The number of nitrogens with two attached hydrogens (primary N) is 1.